The molecule has 2 amide bonds. The van der Waals surface area contributed by atoms with Gasteiger partial charge < -0.3 is 24.8 Å². The number of ether oxygens (including phenoxy) is 3. The molecule has 8 nitrogen and oxygen atoms in total. The van der Waals surface area contributed by atoms with Crippen molar-refractivity contribution >= 4 is 23.5 Å². The number of halogens is 1. The van der Waals surface area contributed by atoms with Gasteiger partial charge in [0.25, 0.3) is 5.91 Å². The summed E-state index contributed by atoms with van der Waals surface area (Å²) in [5.41, 5.74) is 0.569. The van der Waals surface area contributed by atoms with Gasteiger partial charge >= 0.3 is 5.97 Å². The summed E-state index contributed by atoms with van der Waals surface area (Å²) in [5.74, 6) is -1.52. The second-order valence-electron chi connectivity index (χ2n) is 5.48. The molecule has 0 aliphatic carbocycles. The molecule has 2 aromatic carbocycles. The summed E-state index contributed by atoms with van der Waals surface area (Å²) in [6.45, 7) is -0.888. The average molecular weight is 390 g/mol. The molecule has 0 unspecified atom stereocenters. The maximum atomic E-state index is 12.8. The molecule has 9 heteroatoms. The third-order valence-electron chi connectivity index (χ3n) is 3.53. The number of anilines is 1. The monoisotopic (exact) mass is 390 g/mol. The predicted molar refractivity (Wildman–Crippen MR) is 97.9 cm³/mol. The summed E-state index contributed by atoms with van der Waals surface area (Å²) in [6, 6.07) is 9.60. The Kier molecular flexibility index (Phi) is 7.32. The van der Waals surface area contributed by atoms with Crippen molar-refractivity contribution in [3.8, 4) is 11.5 Å². The van der Waals surface area contributed by atoms with Crippen LogP contribution < -0.4 is 20.1 Å². The number of amides is 2. The largest absolute Gasteiger partial charge is 0.493 e. The van der Waals surface area contributed by atoms with E-state index in [9.17, 15) is 18.8 Å². The molecule has 0 atom stereocenters. The molecule has 0 aliphatic rings. The number of hydrogen-bond acceptors (Lipinski definition) is 6. The van der Waals surface area contributed by atoms with Crippen molar-refractivity contribution in [1.29, 1.82) is 0 Å². The zero-order valence-corrected chi connectivity index (χ0v) is 15.3. The van der Waals surface area contributed by atoms with Gasteiger partial charge in [-0.05, 0) is 42.5 Å². The molecule has 148 valence electrons. The normalized spacial score (nSPS) is 9.96. The first-order valence-electron chi connectivity index (χ1n) is 8.14. The Balaban J connectivity index is 1.78. The number of methoxy groups -OCH3 is 2. The number of carbonyl (C=O) groups is 3. The number of benzene rings is 2. The quantitative estimate of drug-likeness (QED) is 0.666. The number of hydrogen-bond donors (Lipinski definition) is 2. The van der Waals surface area contributed by atoms with Crippen LogP contribution in [0.4, 0.5) is 10.1 Å². The van der Waals surface area contributed by atoms with Crippen LogP contribution in [0.3, 0.4) is 0 Å². The standard InChI is InChI=1S/C19H19FN2O6/c1-26-15-8-3-12(9-16(15)27-2)19(25)28-11-18(24)21-10-17(23)22-14-6-4-13(20)5-7-14/h3-9H,10-11H2,1-2H3,(H,21,24)(H,22,23). The molecule has 0 saturated carbocycles. The fourth-order valence-electron chi connectivity index (χ4n) is 2.15. The van der Waals surface area contributed by atoms with Crippen molar-refractivity contribution in [2.24, 2.45) is 0 Å². The van der Waals surface area contributed by atoms with E-state index in [2.05, 4.69) is 10.6 Å². The van der Waals surface area contributed by atoms with Crippen LogP contribution >= 0.6 is 0 Å². The maximum absolute atomic E-state index is 12.8. The van der Waals surface area contributed by atoms with Crippen LogP contribution in [-0.2, 0) is 14.3 Å². The second-order valence-corrected chi connectivity index (χ2v) is 5.48. The minimum atomic E-state index is -0.730. The number of esters is 1. The van der Waals surface area contributed by atoms with E-state index in [1.165, 1.54) is 56.7 Å². The highest BCUT2D eigenvalue weighted by atomic mass is 19.1. The first-order valence-corrected chi connectivity index (χ1v) is 8.14. The van der Waals surface area contributed by atoms with E-state index in [1.807, 2.05) is 0 Å². The third-order valence-corrected chi connectivity index (χ3v) is 3.53. The fourth-order valence-corrected chi connectivity index (χ4v) is 2.15. The molecule has 2 rings (SSSR count). The van der Waals surface area contributed by atoms with Gasteiger partial charge in [0.15, 0.2) is 18.1 Å². The molecule has 0 bridgehead atoms. The van der Waals surface area contributed by atoms with Crippen molar-refractivity contribution < 1.29 is 33.0 Å². The molecule has 0 spiro atoms. The van der Waals surface area contributed by atoms with E-state index in [0.717, 1.165) is 0 Å². The Hall–Kier alpha value is -3.62. The summed E-state index contributed by atoms with van der Waals surface area (Å²) >= 11 is 0. The van der Waals surface area contributed by atoms with E-state index in [0.29, 0.717) is 17.2 Å². The van der Waals surface area contributed by atoms with Gasteiger partial charge in [0, 0.05) is 5.69 Å². The average Bonchev–Trinajstić information content (AvgIpc) is 2.71. The predicted octanol–water partition coefficient (Wildman–Crippen LogP) is 1.75. The lowest BCUT2D eigenvalue weighted by molar-refractivity contribution is -0.126. The van der Waals surface area contributed by atoms with E-state index in [4.69, 9.17) is 14.2 Å². The van der Waals surface area contributed by atoms with Crippen LogP contribution in [0.2, 0.25) is 0 Å². The van der Waals surface area contributed by atoms with Crippen LogP contribution in [0.25, 0.3) is 0 Å². The van der Waals surface area contributed by atoms with E-state index in [-0.39, 0.29) is 12.1 Å². The highest BCUT2D eigenvalue weighted by molar-refractivity contribution is 5.95. The van der Waals surface area contributed by atoms with E-state index < -0.39 is 30.2 Å². The first-order chi connectivity index (χ1) is 13.4. The lowest BCUT2D eigenvalue weighted by Gasteiger charge is -2.10. The van der Waals surface area contributed by atoms with Crippen molar-refractivity contribution in [1.82, 2.24) is 5.32 Å². The smallest absolute Gasteiger partial charge is 0.338 e. The Morgan fingerprint density at radius 1 is 0.929 bits per heavy atom. The van der Waals surface area contributed by atoms with Crippen LogP contribution in [0.1, 0.15) is 10.4 Å². The molecule has 0 heterocycles. The molecule has 2 N–H and O–H groups in total. The van der Waals surface area contributed by atoms with E-state index in [1.54, 1.807) is 0 Å². The molecule has 28 heavy (non-hydrogen) atoms. The molecular weight excluding hydrogens is 371 g/mol. The fraction of sp³-hybridized carbons (Fsp3) is 0.211. The zero-order valence-electron chi connectivity index (χ0n) is 15.3. The summed E-state index contributed by atoms with van der Waals surface area (Å²) < 4.78 is 27.9. The Morgan fingerprint density at radius 3 is 2.25 bits per heavy atom. The summed E-state index contributed by atoms with van der Waals surface area (Å²) in [5, 5.41) is 4.80. The number of rotatable bonds is 8. The lowest BCUT2D eigenvalue weighted by atomic mass is 10.2. The molecular formula is C19H19FN2O6. The second kappa shape index (κ2) is 9.91. The molecule has 0 aliphatic heterocycles. The molecule has 2 aromatic rings. The summed E-state index contributed by atoms with van der Waals surface area (Å²) in [7, 11) is 2.89. The molecule has 0 radical (unpaired) electrons. The highest BCUT2D eigenvalue weighted by Crippen LogP contribution is 2.27. The third kappa shape index (κ3) is 5.97. The molecule has 0 aromatic heterocycles. The topological polar surface area (TPSA) is 103 Å². The lowest BCUT2D eigenvalue weighted by Crippen LogP contribution is -2.35. The minimum Gasteiger partial charge on any atom is -0.493 e. The van der Waals surface area contributed by atoms with Crippen molar-refractivity contribution in [2.45, 2.75) is 0 Å². The van der Waals surface area contributed by atoms with Gasteiger partial charge in [-0.2, -0.15) is 0 Å². The van der Waals surface area contributed by atoms with Gasteiger partial charge in [-0.3, -0.25) is 9.59 Å². The first kappa shape index (κ1) is 20.7. The van der Waals surface area contributed by atoms with Crippen molar-refractivity contribution in [3.63, 3.8) is 0 Å². The Bertz CT molecular complexity index is 854. The number of carbonyl (C=O) groups excluding carboxylic acids is 3. The van der Waals surface area contributed by atoms with Gasteiger partial charge in [-0.1, -0.05) is 0 Å². The summed E-state index contributed by atoms with van der Waals surface area (Å²) in [4.78, 5) is 35.5. The molecule has 0 saturated heterocycles. The summed E-state index contributed by atoms with van der Waals surface area (Å²) in [6.07, 6.45) is 0. The Morgan fingerprint density at radius 2 is 1.61 bits per heavy atom. The van der Waals surface area contributed by atoms with Gasteiger partial charge in [0.2, 0.25) is 5.91 Å². The van der Waals surface area contributed by atoms with Crippen LogP contribution in [0, 0.1) is 5.82 Å². The molecule has 0 fully saturated rings. The minimum absolute atomic E-state index is 0.180. The number of nitrogens with one attached hydrogen (secondary N) is 2. The van der Waals surface area contributed by atoms with Gasteiger partial charge in [0.1, 0.15) is 5.82 Å². The zero-order chi connectivity index (χ0) is 20.5. The maximum Gasteiger partial charge on any atom is 0.338 e. The Labute approximate surface area is 160 Å². The van der Waals surface area contributed by atoms with Crippen LogP contribution in [0.15, 0.2) is 42.5 Å². The highest BCUT2D eigenvalue weighted by Gasteiger charge is 2.14. The van der Waals surface area contributed by atoms with Gasteiger partial charge in [-0.15, -0.1) is 0 Å². The SMILES string of the molecule is COc1ccc(C(=O)OCC(=O)NCC(=O)Nc2ccc(F)cc2)cc1OC. The van der Waals surface area contributed by atoms with E-state index >= 15 is 0 Å². The van der Waals surface area contributed by atoms with Crippen molar-refractivity contribution in [3.05, 3.63) is 53.8 Å². The van der Waals surface area contributed by atoms with Crippen LogP contribution in [0.5, 0.6) is 11.5 Å². The van der Waals surface area contributed by atoms with Crippen molar-refractivity contribution in [2.75, 3.05) is 32.7 Å². The van der Waals surface area contributed by atoms with Crippen LogP contribution in [-0.4, -0.2) is 45.2 Å². The van der Waals surface area contributed by atoms with Gasteiger partial charge in [-0.25, -0.2) is 9.18 Å². The van der Waals surface area contributed by atoms with Gasteiger partial charge in [0.05, 0.1) is 26.3 Å².